The molecule has 78 heavy (non-hydrogen) atoms. The van der Waals surface area contributed by atoms with E-state index in [1.807, 2.05) is 91.1 Å². The van der Waals surface area contributed by atoms with Crippen molar-refractivity contribution in [3.63, 3.8) is 0 Å². The summed E-state index contributed by atoms with van der Waals surface area (Å²) in [5.41, 5.74) is 5.14. The fraction of sp³-hybridized carbons (Fsp3) is 0.0833. The Labute approximate surface area is 472 Å². The largest absolute Gasteiger partial charge is 0.458 e. The summed E-state index contributed by atoms with van der Waals surface area (Å²) in [6, 6.07) is 46.3. The highest BCUT2D eigenvalue weighted by Gasteiger charge is 2.28. The quantitative estimate of drug-likeness (QED) is 0.123. The number of fused-ring (bicyclic) bond motifs is 13. The first kappa shape index (κ1) is 33.3. The number of ether oxygens (including phenoxy) is 1. The third kappa shape index (κ3) is 7.17. The summed E-state index contributed by atoms with van der Waals surface area (Å²) in [5.74, 6) is 1.60. The Balaban J connectivity index is 1.06. The van der Waals surface area contributed by atoms with Crippen molar-refractivity contribution in [1.29, 1.82) is 0 Å². The summed E-state index contributed by atoms with van der Waals surface area (Å²) < 4.78 is 149. The van der Waals surface area contributed by atoms with Crippen LogP contribution < -0.4 is 9.30 Å². The molecule has 0 aliphatic carbocycles. The van der Waals surface area contributed by atoms with Gasteiger partial charge in [-0.25, -0.2) is 4.98 Å². The number of aryl methyl sites for hydroxylation is 2. The smallest absolute Gasteiger partial charge is 0.269 e. The van der Waals surface area contributed by atoms with E-state index >= 15 is 0 Å². The molecule has 372 valence electrons. The Morgan fingerprint density at radius 3 is 2.01 bits per heavy atom. The molecule has 0 unspecified atom stereocenters. The van der Waals surface area contributed by atoms with Crippen LogP contribution in [0.3, 0.4) is 0 Å². The molecule has 0 atom stereocenters. The van der Waals surface area contributed by atoms with Gasteiger partial charge in [0.2, 0.25) is 0 Å². The lowest BCUT2D eigenvalue weighted by molar-refractivity contribution is -0.570. The van der Waals surface area contributed by atoms with E-state index in [-0.39, 0.29) is 72.1 Å². The van der Waals surface area contributed by atoms with Crippen molar-refractivity contribution in [2.75, 3.05) is 0 Å². The number of hydrogen-bond acceptors (Lipinski definition) is 3. The monoisotopic (exact) mass is 1020 g/mol. The van der Waals surface area contributed by atoms with Gasteiger partial charge in [0, 0.05) is 42.0 Å². The molecule has 0 fully saturated rings. The second-order valence-electron chi connectivity index (χ2n) is 20.7. The molecule has 10 aromatic carbocycles. The fourth-order valence-electron chi connectivity index (χ4n) is 11.4. The highest BCUT2D eigenvalue weighted by atomic mass is 16.5. The Kier molecular flexibility index (Phi) is 7.42. The van der Waals surface area contributed by atoms with Gasteiger partial charge in [0.05, 0.1) is 44.4 Å². The summed E-state index contributed by atoms with van der Waals surface area (Å²) in [6.45, 7) is 0.693. The average molecular weight is 1020 g/mol. The van der Waals surface area contributed by atoms with Crippen LogP contribution in [0.1, 0.15) is 56.7 Å². The lowest BCUT2D eigenvalue weighted by atomic mass is 9.87. The third-order valence-electron chi connectivity index (χ3n) is 15.0. The number of pyridine rings is 1. The normalized spacial score (nSPS) is 15.1. The van der Waals surface area contributed by atoms with Gasteiger partial charge in [-0.15, -0.1) is 0 Å². The second kappa shape index (κ2) is 17.4. The van der Waals surface area contributed by atoms with E-state index in [0.717, 1.165) is 44.0 Å². The molecule has 0 N–H and O–H groups in total. The summed E-state index contributed by atoms with van der Waals surface area (Å²) in [6.07, 6.45) is 5.46. The highest BCUT2D eigenvalue weighted by Crippen LogP contribution is 2.47. The first-order valence-electron chi connectivity index (χ1n) is 32.6. The van der Waals surface area contributed by atoms with Crippen LogP contribution in [-0.4, -0.2) is 14.1 Å². The predicted octanol–water partition coefficient (Wildman–Crippen LogP) is 18.5. The van der Waals surface area contributed by atoms with Crippen LogP contribution in [0.2, 0.25) is 0 Å². The summed E-state index contributed by atoms with van der Waals surface area (Å²) in [7, 11) is 0. The van der Waals surface area contributed by atoms with Gasteiger partial charge in [-0.1, -0.05) is 160 Å². The number of nitrogens with zero attached hydrogens (tertiary/aromatic N) is 4. The van der Waals surface area contributed by atoms with Crippen molar-refractivity contribution in [1.82, 2.24) is 14.1 Å². The van der Waals surface area contributed by atoms with Gasteiger partial charge in [0.1, 0.15) is 28.5 Å². The zero-order valence-corrected chi connectivity index (χ0v) is 42.3. The van der Waals surface area contributed by atoms with Crippen molar-refractivity contribution in [3.8, 4) is 84.3 Å². The topological polar surface area (TPSA) is 49.0 Å². The van der Waals surface area contributed by atoms with Crippen LogP contribution in [0.15, 0.2) is 229 Å². The van der Waals surface area contributed by atoms with E-state index in [1.165, 1.54) is 24.3 Å². The van der Waals surface area contributed by atoms with E-state index < -0.39 is 62.0 Å². The molecule has 6 nitrogen and oxygen atoms in total. The first-order chi connectivity index (χ1) is 43.9. The van der Waals surface area contributed by atoms with Crippen LogP contribution >= 0.6 is 0 Å². The number of rotatable bonds is 6. The van der Waals surface area contributed by atoms with E-state index in [4.69, 9.17) is 22.4 Å². The Hall–Kier alpha value is -9.78. The van der Waals surface area contributed by atoms with E-state index in [9.17, 15) is 11.0 Å². The summed E-state index contributed by atoms with van der Waals surface area (Å²) in [4.78, 5) is 4.87. The average Bonchev–Trinajstić information content (AvgIpc) is 1.44. The maximum absolute atomic E-state index is 10.0. The van der Waals surface area contributed by atoms with Crippen molar-refractivity contribution in [2.45, 2.75) is 39.9 Å². The number of hydrogen-bond donors (Lipinski definition) is 0. The van der Waals surface area contributed by atoms with Crippen molar-refractivity contribution in [2.24, 2.45) is 0 Å². The minimum atomic E-state index is -2.89. The molecular weight excluding hydrogens is 953 g/mol. The van der Waals surface area contributed by atoms with Crippen LogP contribution in [0.25, 0.3) is 128 Å². The molecule has 1 aliphatic heterocycles. The number of benzene rings is 10. The highest BCUT2D eigenvalue weighted by molar-refractivity contribution is 6.10. The molecule has 4 aromatic heterocycles. The zero-order chi connectivity index (χ0) is 64.4. The van der Waals surface area contributed by atoms with Gasteiger partial charge in [-0.2, -0.15) is 0 Å². The van der Waals surface area contributed by atoms with Crippen LogP contribution in [0.4, 0.5) is 0 Å². The molecule has 14 aromatic rings. The molecule has 0 amide bonds. The molecule has 0 spiro atoms. The Morgan fingerprint density at radius 2 is 1.22 bits per heavy atom. The molecule has 15 rings (SSSR count). The lowest BCUT2D eigenvalue weighted by Gasteiger charge is -2.20. The summed E-state index contributed by atoms with van der Waals surface area (Å²) in [5, 5.41) is 3.62. The van der Waals surface area contributed by atoms with Crippen LogP contribution in [0, 0.1) is 20.0 Å². The summed E-state index contributed by atoms with van der Waals surface area (Å²) >= 11 is 0. The maximum Gasteiger partial charge on any atom is 0.269 e. The second-order valence-corrected chi connectivity index (χ2v) is 20.7. The van der Waals surface area contributed by atoms with Gasteiger partial charge in [0.15, 0.2) is 0 Å². The van der Waals surface area contributed by atoms with Crippen molar-refractivity contribution < 1.29 is 32.9 Å². The maximum atomic E-state index is 10.0. The third-order valence-corrected chi connectivity index (χ3v) is 15.0. The van der Waals surface area contributed by atoms with Crippen LogP contribution in [0.5, 0.6) is 11.5 Å². The molecular formula is C72H52N4O2. The molecule has 0 saturated heterocycles. The number of furan rings is 1. The standard InChI is InChI=1S/C72H52N4O2/c1-44-17-14-18-45(2)69(44)47-38-62-56-24-9-7-22-54(56)53-21-6-8-23-55(53)60-28-16-27-52(46-31-34-67-61(37-46)59-26-11-13-30-66(59)78-67)70(60)75-43-74(65(39-47)71(62)75)49-19-15-20-50(41-49)77-51-32-33-58-57-25-10-12-29-63(57)76(64(58)42-51)68-40-48(35-36-73-68)72(3,4)5/h6-42H,1-5H3/i1D3,2D3,6D,7D,8D,9D,21D,22D,23D,24D. The molecule has 5 heterocycles. The SMILES string of the molecule is [2H]c1c([2H])c([2H])c2c(c1[2H])-c1cccc(-c3ccc4oc5ccccc5c4c3)c1-[n+]1[c-]n(-c3cccc(Oc4ccc5c6ccccc6n(-c6cc(C(C)(C)C)ccn6)c5c4)c3)c3cc(-c4c(C([2H])([2H])[2H])cccc4C([2H])([2H])[2H])cc(c31)-c1c([2H])c([2H])c([2H])c([2H])c1-2. The van der Waals surface area contributed by atoms with Crippen molar-refractivity contribution >= 4 is 54.8 Å². The van der Waals surface area contributed by atoms with Gasteiger partial charge in [-0.05, 0) is 164 Å². The van der Waals surface area contributed by atoms with Gasteiger partial charge >= 0.3 is 0 Å². The van der Waals surface area contributed by atoms with Gasteiger partial charge < -0.3 is 9.15 Å². The van der Waals surface area contributed by atoms with Crippen LogP contribution in [-0.2, 0) is 5.41 Å². The van der Waals surface area contributed by atoms with E-state index in [1.54, 1.807) is 51.6 Å². The molecule has 0 saturated carbocycles. The molecule has 0 radical (unpaired) electrons. The zero-order valence-electron chi connectivity index (χ0n) is 56.3. The minimum absolute atomic E-state index is 0.0299. The molecule has 0 bridgehead atoms. The number of para-hydroxylation sites is 3. The first-order valence-corrected chi connectivity index (χ1v) is 25.6. The Bertz CT molecular complexity index is 5490. The van der Waals surface area contributed by atoms with Crippen molar-refractivity contribution in [3.05, 3.63) is 247 Å². The predicted molar refractivity (Wildman–Crippen MR) is 318 cm³/mol. The number of aromatic nitrogens is 4. The lowest BCUT2D eigenvalue weighted by Crippen LogP contribution is -2.32. The van der Waals surface area contributed by atoms with E-state index in [0.29, 0.717) is 45.2 Å². The number of imidazole rings is 1. The van der Waals surface area contributed by atoms with E-state index in [2.05, 4.69) is 49.9 Å². The fourth-order valence-corrected chi connectivity index (χ4v) is 11.4. The van der Waals surface area contributed by atoms with Gasteiger partial charge in [0.25, 0.3) is 6.33 Å². The minimum Gasteiger partial charge on any atom is -0.458 e. The molecule has 1 aliphatic rings. The molecule has 6 heteroatoms. The Morgan fingerprint density at radius 1 is 0.538 bits per heavy atom. The van der Waals surface area contributed by atoms with Gasteiger partial charge in [-0.3, -0.25) is 13.7 Å².